The van der Waals surface area contributed by atoms with Crippen LogP contribution in [0.25, 0.3) is 0 Å². The summed E-state index contributed by atoms with van der Waals surface area (Å²) in [5.74, 6) is 0.470. The molecule has 0 aromatic rings. The number of carbonyl (C=O) groups is 2. The van der Waals surface area contributed by atoms with Gasteiger partial charge in [0.2, 0.25) is 11.8 Å². The lowest BCUT2D eigenvalue weighted by atomic mass is 10.1. The summed E-state index contributed by atoms with van der Waals surface area (Å²) < 4.78 is 0. The van der Waals surface area contributed by atoms with Crippen molar-refractivity contribution in [2.45, 2.75) is 46.1 Å². The maximum atomic E-state index is 12.3. The van der Waals surface area contributed by atoms with Crippen LogP contribution in [0, 0.1) is 11.8 Å². The summed E-state index contributed by atoms with van der Waals surface area (Å²) in [5, 5.41) is 3.07. The molecule has 2 aliphatic heterocycles. The third-order valence-electron chi connectivity index (χ3n) is 4.59. The lowest BCUT2D eigenvalue weighted by molar-refractivity contribution is -0.129. The van der Waals surface area contributed by atoms with E-state index in [1.54, 1.807) is 0 Å². The average molecular weight is 295 g/mol. The molecule has 2 unspecified atom stereocenters. The fourth-order valence-electron chi connectivity index (χ4n) is 3.47. The van der Waals surface area contributed by atoms with Gasteiger partial charge < -0.3 is 10.2 Å². The number of rotatable bonds is 6. The first-order valence-corrected chi connectivity index (χ1v) is 8.30. The normalized spacial score (nSPS) is 26.9. The molecule has 2 rings (SSSR count). The molecule has 21 heavy (non-hydrogen) atoms. The van der Waals surface area contributed by atoms with Crippen molar-refractivity contribution in [3.05, 3.63) is 0 Å². The first kappa shape index (κ1) is 16.3. The fraction of sp³-hybridized carbons (Fsp3) is 0.875. The van der Waals surface area contributed by atoms with E-state index in [-0.39, 0.29) is 17.7 Å². The van der Waals surface area contributed by atoms with Gasteiger partial charge in [0, 0.05) is 32.1 Å². The average Bonchev–Trinajstić information content (AvgIpc) is 3.02. The number of carbonyl (C=O) groups excluding carboxylic acids is 2. The standard InChI is InChI=1S/C16H29N3O2/c1-4-18-7-5-6-14(18)9-17-16(21)13-8-15(20)19(11-13)10-12(2)3/h12-14H,4-11H2,1-3H3,(H,17,21). The zero-order chi connectivity index (χ0) is 15.4. The van der Waals surface area contributed by atoms with E-state index in [0.29, 0.717) is 24.9 Å². The summed E-state index contributed by atoms with van der Waals surface area (Å²) in [6, 6.07) is 0.475. The van der Waals surface area contributed by atoms with Crippen LogP contribution in [0.4, 0.5) is 0 Å². The quantitative estimate of drug-likeness (QED) is 0.798. The Morgan fingerprint density at radius 2 is 2.19 bits per heavy atom. The van der Waals surface area contributed by atoms with E-state index in [2.05, 4.69) is 31.0 Å². The zero-order valence-corrected chi connectivity index (χ0v) is 13.6. The zero-order valence-electron chi connectivity index (χ0n) is 13.6. The van der Waals surface area contributed by atoms with Crippen molar-refractivity contribution in [2.24, 2.45) is 11.8 Å². The molecule has 0 spiro atoms. The van der Waals surface area contributed by atoms with Gasteiger partial charge >= 0.3 is 0 Å². The van der Waals surface area contributed by atoms with E-state index < -0.39 is 0 Å². The molecule has 2 aliphatic rings. The Kier molecular flexibility index (Phi) is 5.62. The molecule has 2 atom stereocenters. The number of hydrogen-bond acceptors (Lipinski definition) is 3. The number of likely N-dealkylation sites (tertiary alicyclic amines) is 2. The number of nitrogens with zero attached hydrogens (tertiary/aromatic N) is 2. The molecule has 0 radical (unpaired) electrons. The number of amides is 2. The summed E-state index contributed by atoms with van der Waals surface area (Å²) in [6.45, 7) is 10.6. The molecule has 0 aromatic heterocycles. The van der Waals surface area contributed by atoms with Gasteiger partial charge in [-0.2, -0.15) is 0 Å². The van der Waals surface area contributed by atoms with Crippen LogP contribution in [0.3, 0.4) is 0 Å². The van der Waals surface area contributed by atoms with Crippen molar-refractivity contribution in [1.82, 2.24) is 15.1 Å². The van der Waals surface area contributed by atoms with Crippen molar-refractivity contribution in [3.63, 3.8) is 0 Å². The van der Waals surface area contributed by atoms with E-state index in [1.807, 2.05) is 4.90 Å². The molecule has 0 aliphatic carbocycles. The second kappa shape index (κ2) is 7.25. The third-order valence-corrected chi connectivity index (χ3v) is 4.59. The van der Waals surface area contributed by atoms with Gasteiger partial charge in [-0.1, -0.05) is 20.8 Å². The lowest BCUT2D eigenvalue weighted by Gasteiger charge is -2.23. The SMILES string of the molecule is CCN1CCCC1CNC(=O)C1CC(=O)N(CC(C)C)C1. The Hall–Kier alpha value is -1.10. The van der Waals surface area contributed by atoms with Gasteiger partial charge in [-0.3, -0.25) is 14.5 Å². The minimum atomic E-state index is -0.160. The lowest BCUT2D eigenvalue weighted by Crippen LogP contribution is -2.42. The van der Waals surface area contributed by atoms with Gasteiger partial charge in [-0.25, -0.2) is 0 Å². The van der Waals surface area contributed by atoms with Crippen LogP contribution < -0.4 is 5.32 Å². The van der Waals surface area contributed by atoms with Crippen molar-refractivity contribution in [2.75, 3.05) is 32.7 Å². The van der Waals surface area contributed by atoms with E-state index in [4.69, 9.17) is 0 Å². The second-order valence-corrected chi connectivity index (χ2v) is 6.76. The minimum absolute atomic E-state index is 0.0533. The van der Waals surface area contributed by atoms with Crippen molar-refractivity contribution in [1.29, 1.82) is 0 Å². The largest absolute Gasteiger partial charge is 0.354 e. The highest BCUT2D eigenvalue weighted by atomic mass is 16.2. The molecule has 2 heterocycles. The fourth-order valence-corrected chi connectivity index (χ4v) is 3.47. The van der Waals surface area contributed by atoms with Crippen LogP contribution in [0.2, 0.25) is 0 Å². The Bertz CT molecular complexity index is 384. The molecule has 0 aromatic carbocycles. The number of likely N-dealkylation sites (N-methyl/N-ethyl adjacent to an activating group) is 1. The first-order valence-electron chi connectivity index (χ1n) is 8.30. The monoisotopic (exact) mass is 295 g/mol. The topological polar surface area (TPSA) is 52.7 Å². The summed E-state index contributed by atoms with van der Waals surface area (Å²) in [7, 11) is 0. The van der Waals surface area contributed by atoms with Crippen molar-refractivity contribution < 1.29 is 9.59 Å². The molecule has 2 fully saturated rings. The second-order valence-electron chi connectivity index (χ2n) is 6.76. The predicted octanol–water partition coefficient (Wildman–Crippen LogP) is 1.09. The Labute approximate surface area is 128 Å². The number of nitrogens with one attached hydrogen (secondary N) is 1. The summed E-state index contributed by atoms with van der Waals surface area (Å²) >= 11 is 0. The van der Waals surface area contributed by atoms with Crippen LogP contribution >= 0.6 is 0 Å². The van der Waals surface area contributed by atoms with Gasteiger partial charge in [0.25, 0.3) is 0 Å². The third kappa shape index (κ3) is 4.19. The maximum absolute atomic E-state index is 12.3. The molecular formula is C16H29N3O2. The van der Waals surface area contributed by atoms with Gasteiger partial charge in [-0.15, -0.1) is 0 Å². The van der Waals surface area contributed by atoms with Crippen molar-refractivity contribution >= 4 is 11.8 Å². The van der Waals surface area contributed by atoms with Gasteiger partial charge in [-0.05, 0) is 31.8 Å². The molecule has 1 N–H and O–H groups in total. The highest BCUT2D eigenvalue weighted by molar-refractivity contribution is 5.89. The Morgan fingerprint density at radius 3 is 2.86 bits per heavy atom. The highest BCUT2D eigenvalue weighted by Crippen LogP contribution is 2.20. The van der Waals surface area contributed by atoms with Crippen LogP contribution in [0.15, 0.2) is 0 Å². The molecule has 2 amide bonds. The van der Waals surface area contributed by atoms with E-state index in [9.17, 15) is 9.59 Å². The van der Waals surface area contributed by atoms with Crippen LogP contribution in [0.5, 0.6) is 0 Å². The summed E-state index contributed by atoms with van der Waals surface area (Å²) in [4.78, 5) is 28.4. The minimum Gasteiger partial charge on any atom is -0.354 e. The molecule has 0 saturated carbocycles. The summed E-state index contributed by atoms with van der Waals surface area (Å²) in [5.41, 5.74) is 0. The molecule has 5 nitrogen and oxygen atoms in total. The molecule has 0 bridgehead atoms. The smallest absolute Gasteiger partial charge is 0.225 e. The van der Waals surface area contributed by atoms with Crippen LogP contribution in [-0.4, -0.2) is 60.4 Å². The van der Waals surface area contributed by atoms with Gasteiger partial charge in [0.15, 0.2) is 0 Å². The van der Waals surface area contributed by atoms with Gasteiger partial charge in [0.05, 0.1) is 5.92 Å². The van der Waals surface area contributed by atoms with E-state index >= 15 is 0 Å². The molecule has 120 valence electrons. The molecule has 5 heteroatoms. The first-order chi connectivity index (χ1) is 10.0. The molecular weight excluding hydrogens is 266 g/mol. The molecule has 2 saturated heterocycles. The van der Waals surface area contributed by atoms with Crippen LogP contribution in [-0.2, 0) is 9.59 Å². The Morgan fingerprint density at radius 1 is 1.43 bits per heavy atom. The Balaban J connectivity index is 1.78. The van der Waals surface area contributed by atoms with E-state index in [0.717, 1.165) is 32.6 Å². The highest BCUT2D eigenvalue weighted by Gasteiger charge is 2.34. The number of hydrogen-bond donors (Lipinski definition) is 1. The van der Waals surface area contributed by atoms with Gasteiger partial charge in [0.1, 0.15) is 0 Å². The van der Waals surface area contributed by atoms with Crippen molar-refractivity contribution in [3.8, 4) is 0 Å². The van der Waals surface area contributed by atoms with E-state index in [1.165, 1.54) is 6.42 Å². The summed E-state index contributed by atoms with van der Waals surface area (Å²) in [6.07, 6.45) is 2.76. The predicted molar refractivity (Wildman–Crippen MR) is 82.8 cm³/mol. The maximum Gasteiger partial charge on any atom is 0.225 e. The van der Waals surface area contributed by atoms with Crippen LogP contribution in [0.1, 0.15) is 40.0 Å².